The van der Waals surface area contributed by atoms with Gasteiger partial charge in [-0.05, 0) is 34.9 Å². The van der Waals surface area contributed by atoms with Crippen molar-refractivity contribution in [1.29, 1.82) is 0 Å². The summed E-state index contributed by atoms with van der Waals surface area (Å²) in [6.07, 6.45) is -2.46. The van der Waals surface area contributed by atoms with Crippen molar-refractivity contribution in [2.75, 3.05) is 0 Å². The molecule has 6 nitrogen and oxygen atoms in total. The Morgan fingerprint density at radius 3 is 2.37 bits per heavy atom. The molecule has 9 heteroatoms. The van der Waals surface area contributed by atoms with Gasteiger partial charge in [0, 0.05) is 24.0 Å². The SMILES string of the molecule is O=[N+]([O-])c1cc(-c2cccc(-c3cnccc3C(F)(F)F)c2)cc(O)c1O. The average Bonchev–Trinajstić information content (AvgIpc) is 2.63. The van der Waals surface area contributed by atoms with E-state index < -0.39 is 33.8 Å². The molecule has 1 aromatic heterocycles. The van der Waals surface area contributed by atoms with Crippen LogP contribution in [0.4, 0.5) is 18.9 Å². The maximum absolute atomic E-state index is 13.2. The molecule has 0 unspecified atom stereocenters. The van der Waals surface area contributed by atoms with E-state index in [2.05, 4.69) is 4.98 Å². The molecule has 0 atom stereocenters. The van der Waals surface area contributed by atoms with E-state index in [-0.39, 0.29) is 16.7 Å². The Balaban J connectivity index is 2.15. The largest absolute Gasteiger partial charge is 0.504 e. The van der Waals surface area contributed by atoms with E-state index in [4.69, 9.17) is 0 Å². The van der Waals surface area contributed by atoms with Crippen LogP contribution in [0, 0.1) is 10.1 Å². The maximum atomic E-state index is 13.2. The number of aromatic nitrogens is 1. The summed E-state index contributed by atoms with van der Waals surface area (Å²) in [6, 6.07) is 8.82. The Labute approximate surface area is 150 Å². The number of alkyl halides is 3. The first-order valence-electron chi connectivity index (χ1n) is 7.51. The van der Waals surface area contributed by atoms with Gasteiger partial charge in [-0.1, -0.05) is 18.2 Å². The number of hydrogen-bond acceptors (Lipinski definition) is 5. The van der Waals surface area contributed by atoms with Crippen molar-refractivity contribution >= 4 is 5.69 Å². The number of pyridine rings is 1. The quantitative estimate of drug-likeness (QED) is 0.390. The van der Waals surface area contributed by atoms with Gasteiger partial charge < -0.3 is 10.2 Å². The fourth-order valence-electron chi connectivity index (χ4n) is 2.65. The predicted octanol–water partition coefficient (Wildman–Crippen LogP) is 4.75. The van der Waals surface area contributed by atoms with Crippen molar-refractivity contribution in [2.45, 2.75) is 6.18 Å². The van der Waals surface area contributed by atoms with Crippen LogP contribution in [-0.4, -0.2) is 20.1 Å². The fraction of sp³-hybridized carbons (Fsp3) is 0.0556. The van der Waals surface area contributed by atoms with Crippen LogP contribution < -0.4 is 0 Å². The first-order valence-corrected chi connectivity index (χ1v) is 7.51. The average molecular weight is 376 g/mol. The number of hydrogen-bond donors (Lipinski definition) is 2. The number of phenolic OH excluding ortho intramolecular Hbond substituents is 2. The van der Waals surface area contributed by atoms with Gasteiger partial charge in [-0.3, -0.25) is 15.1 Å². The molecule has 1 heterocycles. The number of nitrogens with zero attached hydrogens (tertiary/aromatic N) is 2. The topological polar surface area (TPSA) is 96.5 Å². The predicted molar refractivity (Wildman–Crippen MR) is 90.1 cm³/mol. The Bertz CT molecular complexity index is 1040. The van der Waals surface area contributed by atoms with Crippen LogP contribution in [0.5, 0.6) is 11.5 Å². The van der Waals surface area contributed by atoms with Crippen LogP contribution in [0.2, 0.25) is 0 Å². The second kappa shape index (κ2) is 6.60. The lowest BCUT2D eigenvalue weighted by atomic mass is 9.96. The number of aromatic hydroxyl groups is 2. The van der Waals surface area contributed by atoms with E-state index in [1.165, 1.54) is 24.3 Å². The highest BCUT2D eigenvalue weighted by atomic mass is 19.4. The lowest BCUT2D eigenvalue weighted by Crippen LogP contribution is -2.07. The minimum atomic E-state index is -4.58. The van der Waals surface area contributed by atoms with Crippen LogP contribution >= 0.6 is 0 Å². The molecule has 0 aliphatic rings. The van der Waals surface area contributed by atoms with E-state index in [9.17, 15) is 33.5 Å². The fourth-order valence-corrected chi connectivity index (χ4v) is 2.65. The van der Waals surface area contributed by atoms with Crippen LogP contribution in [0.25, 0.3) is 22.3 Å². The Morgan fingerprint density at radius 1 is 1.00 bits per heavy atom. The maximum Gasteiger partial charge on any atom is 0.417 e. The van der Waals surface area contributed by atoms with Crippen LogP contribution in [0.15, 0.2) is 54.9 Å². The highest BCUT2D eigenvalue weighted by molar-refractivity contribution is 5.77. The smallest absolute Gasteiger partial charge is 0.417 e. The molecule has 0 fully saturated rings. The van der Waals surface area contributed by atoms with Gasteiger partial charge in [0.05, 0.1) is 10.5 Å². The van der Waals surface area contributed by atoms with Crippen molar-refractivity contribution in [2.24, 2.45) is 0 Å². The second-order valence-corrected chi connectivity index (χ2v) is 5.62. The molecular formula is C18H11F3N2O4. The molecule has 0 saturated carbocycles. The third-order valence-corrected chi connectivity index (χ3v) is 3.90. The molecule has 2 N–H and O–H groups in total. The first-order chi connectivity index (χ1) is 12.7. The van der Waals surface area contributed by atoms with E-state index in [0.717, 1.165) is 30.6 Å². The summed E-state index contributed by atoms with van der Waals surface area (Å²) in [5.41, 5.74) is -1.05. The van der Waals surface area contributed by atoms with Gasteiger partial charge in [0.25, 0.3) is 0 Å². The van der Waals surface area contributed by atoms with Gasteiger partial charge in [0.1, 0.15) is 0 Å². The third-order valence-electron chi connectivity index (χ3n) is 3.90. The summed E-state index contributed by atoms with van der Waals surface area (Å²) in [5, 5.41) is 30.3. The molecule has 0 radical (unpaired) electrons. The van der Waals surface area contributed by atoms with Crippen molar-refractivity contribution in [3.05, 3.63) is 70.5 Å². The number of rotatable bonds is 3. The van der Waals surface area contributed by atoms with Crippen LogP contribution in [0.1, 0.15) is 5.56 Å². The Hall–Kier alpha value is -3.62. The normalized spacial score (nSPS) is 11.4. The minimum Gasteiger partial charge on any atom is -0.504 e. The highest BCUT2D eigenvalue weighted by Crippen LogP contribution is 2.41. The molecule has 27 heavy (non-hydrogen) atoms. The van der Waals surface area contributed by atoms with Crippen molar-refractivity contribution in [1.82, 2.24) is 4.98 Å². The number of phenols is 2. The zero-order valence-electron chi connectivity index (χ0n) is 13.4. The van der Waals surface area contributed by atoms with Crippen molar-refractivity contribution in [3.8, 4) is 33.8 Å². The van der Waals surface area contributed by atoms with E-state index >= 15 is 0 Å². The lowest BCUT2D eigenvalue weighted by Gasteiger charge is -2.13. The first kappa shape index (κ1) is 18.2. The summed E-state index contributed by atoms with van der Waals surface area (Å²) in [4.78, 5) is 13.9. The third kappa shape index (κ3) is 3.52. The summed E-state index contributed by atoms with van der Waals surface area (Å²) >= 11 is 0. The number of benzene rings is 2. The Kier molecular flexibility index (Phi) is 4.44. The second-order valence-electron chi connectivity index (χ2n) is 5.62. The molecule has 0 spiro atoms. The van der Waals surface area contributed by atoms with Gasteiger partial charge in [0.15, 0.2) is 5.75 Å². The molecule has 0 aliphatic heterocycles. The molecule has 3 rings (SSSR count). The number of nitro groups is 1. The highest BCUT2D eigenvalue weighted by Gasteiger charge is 2.33. The molecule has 0 bridgehead atoms. The monoisotopic (exact) mass is 376 g/mol. The van der Waals surface area contributed by atoms with E-state index in [0.29, 0.717) is 5.56 Å². The van der Waals surface area contributed by atoms with Crippen molar-refractivity contribution < 1.29 is 28.3 Å². The number of nitro benzene ring substituents is 1. The minimum absolute atomic E-state index is 0.149. The molecule has 0 aliphatic carbocycles. The summed E-state index contributed by atoms with van der Waals surface area (Å²) < 4.78 is 39.7. The molecule has 0 saturated heterocycles. The molecule has 2 aromatic carbocycles. The zero-order chi connectivity index (χ0) is 19.8. The van der Waals surface area contributed by atoms with Crippen LogP contribution in [-0.2, 0) is 6.18 Å². The number of halogens is 3. The van der Waals surface area contributed by atoms with Gasteiger partial charge in [-0.2, -0.15) is 13.2 Å². The van der Waals surface area contributed by atoms with Gasteiger partial charge >= 0.3 is 11.9 Å². The molecule has 3 aromatic rings. The zero-order valence-corrected chi connectivity index (χ0v) is 13.4. The van der Waals surface area contributed by atoms with Gasteiger partial charge in [0.2, 0.25) is 5.75 Å². The van der Waals surface area contributed by atoms with E-state index in [1.54, 1.807) is 0 Å². The standard InChI is InChI=1S/C18H11F3N2O4/c19-18(20,21)14-4-5-22-9-13(14)11-3-1-2-10(6-11)12-7-15(23(26)27)17(25)16(24)8-12/h1-9,24-25H. The summed E-state index contributed by atoms with van der Waals surface area (Å²) in [7, 11) is 0. The van der Waals surface area contributed by atoms with Crippen LogP contribution in [0.3, 0.4) is 0 Å². The summed E-state index contributed by atoms with van der Waals surface area (Å²) in [6.45, 7) is 0. The molecule has 0 amide bonds. The van der Waals surface area contributed by atoms with E-state index in [1.807, 2.05) is 0 Å². The summed E-state index contributed by atoms with van der Waals surface area (Å²) in [5.74, 6) is -1.59. The van der Waals surface area contributed by atoms with Crippen molar-refractivity contribution in [3.63, 3.8) is 0 Å². The lowest BCUT2D eigenvalue weighted by molar-refractivity contribution is -0.385. The van der Waals surface area contributed by atoms with Gasteiger partial charge in [-0.25, -0.2) is 0 Å². The van der Waals surface area contributed by atoms with Gasteiger partial charge in [-0.15, -0.1) is 0 Å². The molecular weight excluding hydrogens is 365 g/mol. The molecule has 138 valence electrons. The Morgan fingerprint density at radius 2 is 1.70 bits per heavy atom.